The van der Waals surface area contributed by atoms with Crippen molar-refractivity contribution in [2.75, 3.05) is 11.9 Å². The van der Waals surface area contributed by atoms with Crippen molar-refractivity contribution in [3.8, 4) is 0 Å². The van der Waals surface area contributed by atoms with Crippen molar-refractivity contribution in [2.45, 2.75) is 32.4 Å². The number of hydrogen-bond donors (Lipinski definition) is 1. The van der Waals surface area contributed by atoms with Gasteiger partial charge in [-0.15, -0.1) is 0 Å². The molecule has 1 aliphatic rings. The Morgan fingerprint density at radius 2 is 2.17 bits per heavy atom. The van der Waals surface area contributed by atoms with Gasteiger partial charge in [-0.05, 0) is 32.4 Å². The van der Waals surface area contributed by atoms with Crippen LogP contribution in [0, 0.1) is 6.92 Å². The van der Waals surface area contributed by atoms with Gasteiger partial charge in [-0.25, -0.2) is 0 Å². The lowest BCUT2D eigenvalue weighted by Gasteiger charge is -2.18. The van der Waals surface area contributed by atoms with Crippen LogP contribution < -0.4 is 5.32 Å². The Bertz CT molecular complexity index is 567. The minimum Gasteiger partial charge on any atom is -0.378 e. The standard InChI is InChI=1S/C15H18N2O/c1-10-6-7-12-4-3-5-14(15(12)16-10)17-13-8-9-18-11(13)2/h3-7,11,13,17H,8-9H2,1-2H3. The zero-order valence-corrected chi connectivity index (χ0v) is 10.8. The summed E-state index contributed by atoms with van der Waals surface area (Å²) in [5.74, 6) is 0. The van der Waals surface area contributed by atoms with Gasteiger partial charge < -0.3 is 10.1 Å². The normalized spacial score (nSPS) is 23.4. The lowest BCUT2D eigenvalue weighted by Crippen LogP contribution is -2.26. The Kier molecular flexibility index (Phi) is 2.92. The van der Waals surface area contributed by atoms with Gasteiger partial charge >= 0.3 is 0 Å². The predicted molar refractivity (Wildman–Crippen MR) is 73.9 cm³/mol. The van der Waals surface area contributed by atoms with Crippen LogP contribution in [-0.4, -0.2) is 23.7 Å². The monoisotopic (exact) mass is 242 g/mol. The number of benzene rings is 1. The highest BCUT2D eigenvalue weighted by molar-refractivity contribution is 5.90. The van der Waals surface area contributed by atoms with Gasteiger partial charge in [0.25, 0.3) is 0 Å². The zero-order chi connectivity index (χ0) is 12.5. The second-order valence-electron chi connectivity index (χ2n) is 4.95. The first kappa shape index (κ1) is 11.5. The van der Waals surface area contributed by atoms with Crippen molar-refractivity contribution in [1.29, 1.82) is 0 Å². The van der Waals surface area contributed by atoms with Crippen molar-refractivity contribution in [3.05, 3.63) is 36.0 Å². The van der Waals surface area contributed by atoms with Gasteiger partial charge in [0.1, 0.15) is 0 Å². The maximum absolute atomic E-state index is 5.59. The van der Waals surface area contributed by atoms with Gasteiger partial charge in [0.2, 0.25) is 0 Å². The largest absolute Gasteiger partial charge is 0.378 e. The fourth-order valence-electron chi connectivity index (χ4n) is 2.48. The molecule has 3 heteroatoms. The fraction of sp³-hybridized carbons (Fsp3) is 0.400. The number of para-hydroxylation sites is 1. The molecule has 1 aliphatic heterocycles. The summed E-state index contributed by atoms with van der Waals surface area (Å²) in [5, 5.41) is 4.75. The molecule has 1 N–H and O–H groups in total. The van der Waals surface area contributed by atoms with E-state index in [1.165, 1.54) is 5.39 Å². The number of ether oxygens (including phenoxy) is 1. The molecule has 0 radical (unpaired) electrons. The van der Waals surface area contributed by atoms with Crippen LogP contribution in [-0.2, 0) is 4.74 Å². The Hall–Kier alpha value is -1.61. The zero-order valence-electron chi connectivity index (χ0n) is 10.8. The molecule has 0 saturated carbocycles. The molecule has 1 aromatic carbocycles. The molecule has 2 heterocycles. The number of anilines is 1. The lowest BCUT2D eigenvalue weighted by molar-refractivity contribution is 0.121. The van der Waals surface area contributed by atoms with Crippen LogP contribution in [0.4, 0.5) is 5.69 Å². The number of pyridine rings is 1. The number of hydrogen-bond acceptors (Lipinski definition) is 3. The predicted octanol–water partition coefficient (Wildman–Crippen LogP) is 3.13. The fourth-order valence-corrected chi connectivity index (χ4v) is 2.48. The van der Waals surface area contributed by atoms with Crippen molar-refractivity contribution in [3.63, 3.8) is 0 Å². The Morgan fingerprint density at radius 1 is 1.28 bits per heavy atom. The molecule has 1 saturated heterocycles. The molecule has 0 amide bonds. The molecule has 3 nitrogen and oxygen atoms in total. The minimum absolute atomic E-state index is 0.269. The molecule has 2 atom stereocenters. The third-order valence-electron chi connectivity index (χ3n) is 3.58. The average molecular weight is 242 g/mol. The third-order valence-corrected chi connectivity index (χ3v) is 3.58. The van der Waals surface area contributed by atoms with Crippen molar-refractivity contribution < 1.29 is 4.74 Å². The van der Waals surface area contributed by atoms with Gasteiger partial charge in [-0.1, -0.05) is 18.2 Å². The van der Waals surface area contributed by atoms with E-state index in [2.05, 4.69) is 41.5 Å². The van der Waals surface area contributed by atoms with Crippen LogP contribution in [0.1, 0.15) is 19.0 Å². The number of nitrogens with one attached hydrogen (secondary N) is 1. The smallest absolute Gasteiger partial charge is 0.0936 e. The summed E-state index contributed by atoms with van der Waals surface area (Å²) >= 11 is 0. The summed E-state index contributed by atoms with van der Waals surface area (Å²) in [5.41, 5.74) is 3.21. The molecule has 2 aromatic rings. The Morgan fingerprint density at radius 3 is 2.94 bits per heavy atom. The van der Waals surface area contributed by atoms with Gasteiger partial charge in [0.15, 0.2) is 0 Å². The summed E-state index contributed by atoms with van der Waals surface area (Å²) in [6.07, 6.45) is 1.33. The van der Waals surface area contributed by atoms with Crippen LogP contribution in [0.15, 0.2) is 30.3 Å². The van der Waals surface area contributed by atoms with E-state index in [1.807, 2.05) is 13.0 Å². The van der Waals surface area contributed by atoms with E-state index < -0.39 is 0 Å². The number of rotatable bonds is 2. The molecule has 1 fully saturated rings. The second-order valence-corrected chi connectivity index (χ2v) is 4.95. The van der Waals surface area contributed by atoms with E-state index in [1.54, 1.807) is 0 Å². The van der Waals surface area contributed by atoms with Gasteiger partial charge in [0, 0.05) is 17.7 Å². The molecule has 3 rings (SSSR count). The van der Waals surface area contributed by atoms with E-state index in [-0.39, 0.29) is 6.10 Å². The SMILES string of the molecule is Cc1ccc2cccc(NC3CCOC3C)c2n1. The van der Waals surface area contributed by atoms with Gasteiger partial charge in [0.05, 0.1) is 23.3 Å². The summed E-state index contributed by atoms with van der Waals surface area (Å²) in [7, 11) is 0. The Balaban J connectivity index is 1.98. The molecule has 94 valence electrons. The highest BCUT2D eigenvalue weighted by Gasteiger charge is 2.24. The van der Waals surface area contributed by atoms with E-state index in [4.69, 9.17) is 4.74 Å². The van der Waals surface area contributed by atoms with Crippen LogP contribution in [0.5, 0.6) is 0 Å². The van der Waals surface area contributed by atoms with E-state index >= 15 is 0 Å². The number of aryl methyl sites for hydroxylation is 1. The number of fused-ring (bicyclic) bond motifs is 1. The number of aromatic nitrogens is 1. The first-order valence-corrected chi connectivity index (χ1v) is 6.48. The summed E-state index contributed by atoms with van der Waals surface area (Å²) in [6, 6.07) is 10.8. The maximum Gasteiger partial charge on any atom is 0.0936 e. The van der Waals surface area contributed by atoms with Crippen LogP contribution in [0.2, 0.25) is 0 Å². The molecular weight excluding hydrogens is 224 g/mol. The molecule has 1 aromatic heterocycles. The molecule has 2 unspecified atom stereocenters. The molecule has 0 bridgehead atoms. The highest BCUT2D eigenvalue weighted by Crippen LogP contribution is 2.25. The summed E-state index contributed by atoms with van der Waals surface area (Å²) in [6.45, 7) is 4.99. The van der Waals surface area contributed by atoms with E-state index in [9.17, 15) is 0 Å². The van der Waals surface area contributed by atoms with Crippen molar-refractivity contribution in [1.82, 2.24) is 4.98 Å². The van der Waals surface area contributed by atoms with Gasteiger partial charge in [-0.3, -0.25) is 4.98 Å². The lowest BCUT2D eigenvalue weighted by atomic mass is 10.1. The van der Waals surface area contributed by atoms with Crippen LogP contribution in [0.25, 0.3) is 10.9 Å². The van der Waals surface area contributed by atoms with Crippen molar-refractivity contribution in [2.24, 2.45) is 0 Å². The molecule has 0 spiro atoms. The molecule has 0 aliphatic carbocycles. The summed E-state index contributed by atoms with van der Waals surface area (Å²) < 4.78 is 5.59. The van der Waals surface area contributed by atoms with Crippen LogP contribution >= 0.6 is 0 Å². The van der Waals surface area contributed by atoms with E-state index in [0.717, 1.165) is 29.9 Å². The van der Waals surface area contributed by atoms with Gasteiger partial charge in [-0.2, -0.15) is 0 Å². The summed E-state index contributed by atoms with van der Waals surface area (Å²) in [4.78, 5) is 4.64. The third kappa shape index (κ3) is 2.06. The molecule has 18 heavy (non-hydrogen) atoms. The quantitative estimate of drug-likeness (QED) is 0.878. The number of nitrogens with zero attached hydrogens (tertiary/aromatic N) is 1. The average Bonchev–Trinajstić information content (AvgIpc) is 2.76. The van der Waals surface area contributed by atoms with Crippen molar-refractivity contribution >= 4 is 16.6 Å². The van der Waals surface area contributed by atoms with E-state index in [0.29, 0.717) is 6.04 Å². The topological polar surface area (TPSA) is 34.1 Å². The van der Waals surface area contributed by atoms with Crippen LogP contribution in [0.3, 0.4) is 0 Å². The first-order chi connectivity index (χ1) is 8.74. The first-order valence-electron chi connectivity index (χ1n) is 6.48. The highest BCUT2D eigenvalue weighted by atomic mass is 16.5. The Labute approximate surface area is 107 Å². The molecular formula is C15H18N2O. The minimum atomic E-state index is 0.269. The maximum atomic E-state index is 5.59. The second kappa shape index (κ2) is 4.58.